The molecule has 0 unspecified atom stereocenters. The number of alkyl halides is 3. The van der Waals surface area contributed by atoms with Crippen molar-refractivity contribution in [2.75, 3.05) is 18.1 Å². The Morgan fingerprint density at radius 2 is 1.84 bits per heavy atom. The molecule has 1 atom stereocenters. The molecule has 0 bridgehead atoms. The Balaban J connectivity index is 1.80. The highest BCUT2D eigenvalue weighted by Crippen LogP contribution is 2.37. The molecule has 1 fully saturated rings. The summed E-state index contributed by atoms with van der Waals surface area (Å²) in [4.78, 5) is 7.10. The van der Waals surface area contributed by atoms with Crippen molar-refractivity contribution in [2.24, 2.45) is 0 Å². The zero-order chi connectivity index (χ0) is 26.2. The van der Waals surface area contributed by atoms with Gasteiger partial charge < -0.3 is 10.0 Å². The van der Waals surface area contributed by atoms with E-state index < -0.39 is 11.7 Å². The normalized spacial score (nSPS) is 16.2. The summed E-state index contributed by atoms with van der Waals surface area (Å²) in [6, 6.07) is 15.3. The molecule has 1 aliphatic rings. The van der Waals surface area contributed by atoms with E-state index in [2.05, 4.69) is 11.8 Å². The van der Waals surface area contributed by atoms with Gasteiger partial charge in [0.15, 0.2) is 5.65 Å². The number of hydrogen-bond donors (Lipinski definition) is 1. The molecule has 4 aromatic rings. The molecular weight excluding hydrogens is 477 g/mol. The van der Waals surface area contributed by atoms with Crippen LogP contribution in [0.15, 0.2) is 54.6 Å². The van der Waals surface area contributed by atoms with Gasteiger partial charge in [0.25, 0.3) is 0 Å². The van der Waals surface area contributed by atoms with Crippen molar-refractivity contribution in [1.82, 2.24) is 14.6 Å². The lowest BCUT2D eigenvalue weighted by atomic mass is 10.0. The molecule has 2 aromatic carbocycles. The van der Waals surface area contributed by atoms with Crippen LogP contribution < -0.4 is 4.90 Å². The van der Waals surface area contributed by atoms with Gasteiger partial charge >= 0.3 is 6.18 Å². The largest absolute Gasteiger partial charge is 0.416 e. The second kappa shape index (κ2) is 10.2. The molecule has 0 aliphatic carbocycles. The number of hydrogen-bond acceptors (Lipinski definition) is 4. The van der Waals surface area contributed by atoms with Gasteiger partial charge in [-0.05, 0) is 50.3 Å². The zero-order valence-electron chi connectivity index (χ0n) is 21.1. The first-order valence-corrected chi connectivity index (χ1v) is 12.8. The number of benzene rings is 2. The molecule has 1 saturated heterocycles. The quantitative estimate of drug-likeness (QED) is 0.302. The predicted molar refractivity (Wildman–Crippen MR) is 140 cm³/mol. The summed E-state index contributed by atoms with van der Waals surface area (Å²) in [5.41, 5.74) is 4.77. The molecule has 0 saturated carbocycles. The highest BCUT2D eigenvalue weighted by molar-refractivity contribution is 5.83. The molecule has 0 radical (unpaired) electrons. The first-order valence-electron chi connectivity index (χ1n) is 12.8. The lowest BCUT2D eigenvalue weighted by Crippen LogP contribution is -2.32. The van der Waals surface area contributed by atoms with Crippen molar-refractivity contribution in [3.05, 3.63) is 71.4 Å². The van der Waals surface area contributed by atoms with Gasteiger partial charge in [-0.15, -0.1) is 0 Å². The van der Waals surface area contributed by atoms with E-state index in [9.17, 15) is 18.3 Å². The Morgan fingerprint density at radius 1 is 1.05 bits per heavy atom. The van der Waals surface area contributed by atoms with Crippen LogP contribution in [0.1, 0.15) is 49.4 Å². The number of aliphatic hydroxyl groups excluding tert-OH is 1. The molecular formula is C29H31F3N4O. The van der Waals surface area contributed by atoms with Crippen LogP contribution >= 0.6 is 0 Å². The SMILES string of the molecule is CCCCc1nn2c(-c3cccc(C(F)(F)F)c3)cc(N3CCC[C@H]3CO)nc2c1-c1ccc(C)cc1. The summed E-state index contributed by atoms with van der Waals surface area (Å²) in [7, 11) is 0. The third-order valence-corrected chi connectivity index (χ3v) is 7.12. The molecule has 1 aliphatic heterocycles. The van der Waals surface area contributed by atoms with E-state index >= 15 is 0 Å². The Bertz CT molecular complexity index is 1400. The lowest BCUT2D eigenvalue weighted by molar-refractivity contribution is -0.137. The van der Waals surface area contributed by atoms with E-state index in [0.29, 0.717) is 22.7 Å². The second-order valence-electron chi connectivity index (χ2n) is 9.78. The number of aromatic nitrogens is 3. The van der Waals surface area contributed by atoms with Gasteiger partial charge in [0.05, 0.1) is 29.6 Å². The van der Waals surface area contributed by atoms with E-state index in [1.54, 1.807) is 10.6 Å². The third kappa shape index (κ3) is 4.94. The number of rotatable bonds is 7. The zero-order valence-corrected chi connectivity index (χ0v) is 21.1. The molecule has 5 nitrogen and oxygen atoms in total. The number of halogens is 3. The minimum Gasteiger partial charge on any atom is -0.394 e. The first kappa shape index (κ1) is 25.3. The maximum absolute atomic E-state index is 13.6. The molecule has 3 heterocycles. The van der Waals surface area contributed by atoms with Gasteiger partial charge in [0, 0.05) is 23.7 Å². The topological polar surface area (TPSA) is 53.7 Å². The van der Waals surface area contributed by atoms with Crippen LogP contribution in [0, 0.1) is 6.92 Å². The Hall–Kier alpha value is -3.39. The van der Waals surface area contributed by atoms with Crippen molar-refractivity contribution in [1.29, 1.82) is 0 Å². The maximum Gasteiger partial charge on any atom is 0.416 e. The van der Waals surface area contributed by atoms with E-state index in [4.69, 9.17) is 10.1 Å². The van der Waals surface area contributed by atoms with E-state index in [0.717, 1.165) is 67.1 Å². The minimum atomic E-state index is -4.45. The highest BCUT2D eigenvalue weighted by atomic mass is 19.4. The van der Waals surface area contributed by atoms with Gasteiger partial charge in [-0.3, -0.25) is 0 Å². The van der Waals surface area contributed by atoms with Crippen molar-refractivity contribution < 1.29 is 18.3 Å². The molecule has 1 N–H and O–H groups in total. The number of fused-ring (bicyclic) bond motifs is 1. The molecule has 8 heteroatoms. The third-order valence-electron chi connectivity index (χ3n) is 7.12. The Labute approximate surface area is 214 Å². The Kier molecular flexibility index (Phi) is 6.94. The van der Waals surface area contributed by atoms with Crippen LogP contribution in [0.25, 0.3) is 28.0 Å². The summed E-state index contributed by atoms with van der Waals surface area (Å²) in [6.45, 7) is 4.88. The number of unbranched alkanes of at least 4 members (excludes halogenated alkanes) is 1. The Morgan fingerprint density at radius 3 is 2.54 bits per heavy atom. The average Bonchev–Trinajstić information content (AvgIpc) is 3.51. The van der Waals surface area contributed by atoms with Gasteiger partial charge in [0.1, 0.15) is 5.82 Å². The summed E-state index contributed by atoms with van der Waals surface area (Å²) in [5.74, 6) is 0.645. The first-order chi connectivity index (χ1) is 17.8. The fourth-order valence-electron chi connectivity index (χ4n) is 5.12. The average molecular weight is 509 g/mol. The number of aliphatic hydroxyl groups is 1. The van der Waals surface area contributed by atoms with Gasteiger partial charge in [-0.2, -0.15) is 18.3 Å². The van der Waals surface area contributed by atoms with Gasteiger partial charge in [0.2, 0.25) is 0 Å². The molecule has 0 amide bonds. The molecule has 2 aromatic heterocycles. The summed E-state index contributed by atoms with van der Waals surface area (Å²) in [6.07, 6.45) is -0.0226. The smallest absolute Gasteiger partial charge is 0.394 e. The highest BCUT2D eigenvalue weighted by Gasteiger charge is 2.32. The van der Waals surface area contributed by atoms with Crippen molar-refractivity contribution in [3.8, 4) is 22.4 Å². The van der Waals surface area contributed by atoms with Crippen LogP contribution in [0.5, 0.6) is 0 Å². The van der Waals surface area contributed by atoms with Crippen LogP contribution in [0.3, 0.4) is 0 Å². The van der Waals surface area contributed by atoms with Crippen LogP contribution in [-0.2, 0) is 12.6 Å². The van der Waals surface area contributed by atoms with E-state index in [1.165, 1.54) is 12.1 Å². The predicted octanol–water partition coefficient (Wildman–Crippen LogP) is 6.69. The molecule has 37 heavy (non-hydrogen) atoms. The number of aryl methyl sites for hydroxylation is 2. The van der Waals surface area contributed by atoms with Gasteiger partial charge in [-0.1, -0.05) is 55.3 Å². The number of nitrogens with zero attached hydrogens (tertiary/aromatic N) is 4. The van der Waals surface area contributed by atoms with Crippen molar-refractivity contribution in [2.45, 2.75) is 58.2 Å². The summed E-state index contributed by atoms with van der Waals surface area (Å²) < 4.78 is 42.5. The number of anilines is 1. The fourth-order valence-corrected chi connectivity index (χ4v) is 5.12. The van der Waals surface area contributed by atoms with Crippen molar-refractivity contribution >= 4 is 11.5 Å². The van der Waals surface area contributed by atoms with Crippen LogP contribution in [-0.4, -0.2) is 38.9 Å². The lowest BCUT2D eigenvalue weighted by Gasteiger charge is -2.25. The molecule has 0 spiro atoms. The molecule has 5 rings (SSSR count). The van der Waals surface area contributed by atoms with Crippen molar-refractivity contribution in [3.63, 3.8) is 0 Å². The maximum atomic E-state index is 13.6. The summed E-state index contributed by atoms with van der Waals surface area (Å²) >= 11 is 0. The fraction of sp³-hybridized carbons (Fsp3) is 0.379. The van der Waals surface area contributed by atoms with Crippen LogP contribution in [0.4, 0.5) is 19.0 Å². The summed E-state index contributed by atoms with van der Waals surface area (Å²) in [5, 5.41) is 14.9. The van der Waals surface area contributed by atoms with Crippen LogP contribution in [0.2, 0.25) is 0 Å². The van der Waals surface area contributed by atoms with Gasteiger partial charge in [-0.25, -0.2) is 9.50 Å². The minimum absolute atomic E-state index is 0.00240. The monoisotopic (exact) mass is 508 g/mol. The molecule has 194 valence electrons. The standard InChI is InChI=1S/C29H31F3N4O/c1-3-4-10-24-27(20-13-11-19(2)12-14-20)28-33-26(35-15-6-9-23(35)18-37)17-25(36(28)34-24)21-7-5-8-22(16-21)29(30,31)32/h5,7-8,11-14,16-17,23,37H,3-4,6,9-10,15,18H2,1-2H3/t23-/m0/s1. The second-order valence-corrected chi connectivity index (χ2v) is 9.78. The van der Waals surface area contributed by atoms with E-state index in [1.807, 2.05) is 37.3 Å². The van der Waals surface area contributed by atoms with E-state index in [-0.39, 0.29) is 12.6 Å².